The quantitative estimate of drug-likeness (QED) is 0.724. The Morgan fingerprint density at radius 1 is 1.29 bits per heavy atom. The number of sulfonamides is 1. The number of rotatable bonds is 5. The summed E-state index contributed by atoms with van der Waals surface area (Å²) >= 11 is 0. The minimum absolute atomic E-state index is 0. The van der Waals surface area contributed by atoms with Crippen molar-refractivity contribution in [3.05, 3.63) is 53.9 Å². The van der Waals surface area contributed by atoms with Crippen molar-refractivity contribution >= 4 is 28.4 Å². The molecule has 8 nitrogen and oxygen atoms in total. The normalized spacial score (nSPS) is 17.4. The van der Waals surface area contributed by atoms with E-state index in [1.807, 2.05) is 6.07 Å². The first-order valence-corrected chi connectivity index (χ1v) is 9.82. The Hall–Kier alpha value is -2.20. The largest absolute Gasteiger partial charge is 0.495 e. The van der Waals surface area contributed by atoms with Crippen molar-refractivity contribution in [2.75, 3.05) is 33.9 Å². The summed E-state index contributed by atoms with van der Waals surface area (Å²) in [6, 6.07) is 7.42. The second-order valence-electron chi connectivity index (χ2n) is 5.98. The van der Waals surface area contributed by atoms with E-state index in [2.05, 4.69) is 15.0 Å². The van der Waals surface area contributed by atoms with Crippen LogP contribution in [0.4, 0.5) is 0 Å². The van der Waals surface area contributed by atoms with Gasteiger partial charge in [0.05, 0.1) is 25.8 Å². The number of hydrogen-bond donors (Lipinski definition) is 1. The summed E-state index contributed by atoms with van der Waals surface area (Å²) in [6.45, 7) is 1.33. The zero-order valence-electron chi connectivity index (χ0n) is 15.5. The van der Waals surface area contributed by atoms with Gasteiger partial charge in [-0.3, -0.25) is 4.98 Å². The minimum Gasteiger partial charge on any atom is -0.495 e. The Labute approximate surface area is 170 Å². The number of ether oxygens (including phenoxy) is 2. The van der Waals surface area contributed by atoms with E-state index in [0.29, 0.717) is 19.6 Å². The van der Waals surface area contributed by atoms with Crippen molar-refractivity contribution in [1.82, 2.24) is 14.6 Å². The number of piperazine rings is 1. The first kappa shape index (κ1) is 22.1. The van der Waals surface area contributed by atoms with Crippen LogP contribution in [-0.4, -0.2) is 57.5 Å². The molecule has 1 aliphatic rings. The molecule has 0 bridgehead atoms. The number of carbonyl (C=O) groups is 1. The van der Waals surface area contributed by atoms with Gasteiger partial charge in [-0.1, -0.05) is 6.07 Å². The van der Waals surface area contributed by atoms with Crippen LogP contribution in [0, 0.1) is 0 Å². The first-order valence-electron chi connectivity index (χ1n) is 8.38. The van der Waals surface area contributed by atoms with E-state index < -0.39 is 16.0 Å². The van der Waals surface area contributed by atoms with Crippen molar-refractivity contribution in [3.8, 4) is 5.75 Å². The Morgan fingerprint density at radius 3 is 2.71 bits per heavy atom. The Bertz CT molecular complexity index is 924. The number of nitrogens with one attached hydrogen (secondary N) is 1. The Morgan fingerprint density at radius 2 is 2.07 bits per heavy atom. The van der Waals surface area contributed by atoms with E-state index in [0.717, 1.165) is 5.56 Å². The van der Waals surface area contributed by atoms with Crippen LogP contribution in [0.2, 0.25) is 0 Å². The van der Waals surface area contributed by atoms with Crippen LogP contribution < -0.4 is 10.1 Å². The van der Waals surface area contributed by atoms with Gasteiger partial charge < -0.3 is 14.8 Å². The molecule has 1 N–H and O–H groups in total. The number of esters is 1. The molecule has 1 aromatic carbocycles. The van der Waals surface area contributed by atoms with Crippen LogP contribution in [-0.2, 0) is 14.8 Å². The fourth-order valence-corrected chi connectivity index (χ4v) is 4.83. The van der Waals surface area contributed by atoms with Gasteiger partial charge in [-0.2, -0.15) is 4.31 Å². The molecule has 0 amide bonds. The summed E-state index contributed by atoms with van der Waals surface area (Å²) in [5, 5.41) is 3.22. The third-order valence-electron chi connectivity index (χ3n) is 4.43. The Kier molecular flexibility index (Phi) is 7.36. The number of benzene rings is 1. The lowest BCUT2D eigenvalue weighted by molar-refractivity contribution is 0.0600. The fourth-order valence-electron chi connectivity index (χ4n) is 3.08. The lowest BCUT2D eigenvalue weighted by atomic mass is 10.1. The lowest BCUT2D eigenvalue weighted by Gasteiger charge is -2.35. The predicted molar refractivity (Wildman–Crippen MR) is 105 cm³/mol. The van der Waals surface area contributed by atoms with Crippen LogP contribution in [0.1, 0.15) is 22.0 Å². The monoisotopic (exact) mass is 427 g/mol. The summed E-state index contributed by atoms with van der Waals surface area (Å²) in [5.74, 6) is -0.464. The van der Waals surface area contributed by atoms with Crippen LogP contribution in [0.25, 0.3) is 0 Å². The van der Waals surface area contributed by atoms with Crippen molar-refractivity contribution < 1.29 is 22.7 Å². The highest BCUT2D eigenvalue weighted by Gasteiger charge is 2.36. The van der Waals surface area contributed by atoms with Gasteiger partial charge in [-0.15, -0.1) is 12.4 Å². The molecule has 1 unspecified atom stereocenters. The molecular weight excluding hydrogens is 406 g/mol. The van der Waals surface area contributed by atoms with Gasteiger partial charge in [0.15, 0.2) is 0 Å². The van der Waals surface area contributed by atoms with Crippen LogP contribution in [0.15, 0.2) is 47.6 Å². The second-order valence-corrected chi connectivity index (χ2v) is 7.84. The van der Waals surface area contributed by atoms with Gasteiger partial charge >= 0.3 is 5.97 Å². The van der Waals surface area contributed by atoms with Gasteiger partial charge in [-0.25, -0.2) is 13.2 Å². The van der Waals surface area contributed by atoms with Crippen LogP contribution in [0.5, 0.6) is 5.75 Å². The van der Waals surface area contributed by atoms with E-state index in [9.17, 15) is 13.2 Å². The maximum absolute atomic E-state index is 13.4. The van der Waals surface area contributed by atoms with Crippen molar-refractivity contribution in [1.29, 1.82) is 0 Å². The molecule has 1 fully saturated rings. The summed E-state index contributed by atoms with van der Waals surface area (Å²) < 4.78 is 38.1. The average molecular weight is 428 g/mol. The highest BCUT2D eigenvalue weighted by molar-refractivity contribution is 7.89. The molecule has 152 valence electrons. The summed E-state index contributed by atoms with van der Waals surface area (Å²) in [5.41, 5.74) is 1.02. The highest BCUT2D eigenvalue weighted by Crippen LogP contribution is 2.33. The van der Waals surface area contributed by atoms with Crippen molar-refractivity contribution in [2.24, 2.45) is 0 Å². The molecule has 2 aromatic rings. The molecule has 1 aliphatic heterocycles. The molecule has 3 rings (SSSR count). The van der Waals surface area contributed by atoms with Crippen LogP contribution in [0.3, 0.4) is 0 Å². The van der Waals surface area contributed by atoms with E-state index in [1.165, 1.54) is 36.7 Å². The molecule has 1 atom stereocenters. The number of pyridine rings is 1. The molecule has 28 heavy (non-hydrogen) atoms. The van der Waals surface area contributed by atoms with Gasteiger partial charge in [0, 0.05) is 32.0 Å². The Balaban J connectivity index is 0.00000280. The summed E-state index contributed by atoms with van der Waals surface area (Å²) in [6.07, 6.45) is 3.31. The number of aromatic nitrogens is 1. The zero-order chi connectivity index (χ0) is 19.4. The van der Waals surface area contributed by atoms with E-state index in [1.54, 1.807) is 18.5 Å². The maximum atomic E-state index is 13.4. The average Bonchev–Trinajstić information content (AvgIpc) is 2.73. The zero-order valence-corrected chi connectivity index (χ0v) is 17.1. The molecular formula is C18H22ClN3O5S. The van der Waals surface area contributed by atoms with Crippen molar-refractivity contribution in [2.45, 2.75) is 10.9 Å². The van der Waals surface area contributed by atoms with Crippen molar-refractivity contribution in [3.63, 3.8) is 0 Å². The number of carbonyl (C=O) groups excluding carboxylic acids is 1. The number of halogens is 1. The first-order chi connectivity index (χ1) is 13.0. The van der Waals surface area contributed by atoms with E-state index >= 15 is 0 Å². The predicted octanol–water partition coefficient (Wildman–Crippen LogP) is 1.63. The maximum Gasteiger partial charge on any atom is 0.337 e. The molecule has 2 heterocycles. The minimum atomic E-state index is -3.86. The molecule has 0 radical (unpaired) electrons. The third kappa shape index (κ3) is 4.27. The number of nitrogens with zero attached hydrogens (tertiary/aromatic N) is 2. The topological polar surface area (TPSA) is 97.8 Å². The second kappa shape index (κ2) is 9.33. The van der Waals surface area contributed by atoms with Gasteiger partial charge in [0.1, 0.15) is 10.6 Å². The van der Waals surface area contributed by atoms with Gasteiger partial charge in [-0.05, 0) is 29.8 Å². The highest BCUT2D eigenvalue weighted by atomic mass is 35.5. The molecule has 0 aliphatic carbocycles. The molecule has 10 heteroatoms. The lowest BCUT2D eigenvalue weighted by Crippen LogP contribution is -2.48. The molecule has 0 saturated carbocycles. The number of hydrogen-bond acceptors (Lipinski definition) is 7. The van der Waals surface area contributed by atoms with E-state index in [-0.39, 0.29) is 34.7 Å². The number of methoxy groups -OCH3 is 2. The summed E-state index contributed by atoms with van der Waals surface area (Å²) in [7, 11) is -1.23. The standard InChI is InChI=1S/C18H21N3O5S.ClH/c1-25-16-10-13(18(22)26-2)5-6-17(16)27(23,24)21-9-8-20-12-15(21)14-4-3-7-19-11-14;/h3-7,10-11,15,20H,8-9,12H2,1-2H3;1H. The fraction of sp³-hybridized carbons (Fsp3) is 0.333. The SMILES string of the molecule is COC(=O)c1ccc(S(=O)(=O)N2CCNCC2c2cccnc2)c(OC)c1.Cl. The molecule has 1 saturated heterocycles. The molecule has 1 aromatic heterocycles. The smallest absolute Gasteiger partial charge is 0.337 e. The molecule has 0 spiro atoms. The van der Waals surface area contributed by atoms with Gasteiger partial charge in [0.25, 0.3) is 0 Å². The summed E-state index contributed by atoms with van der Waals surface area (Å²) in [4.78, 5) is 15.8. The third-order valence-corrected chi connectivity index (χ3v) is 6.38. The van der Waals surface area contributed by atoms with Gasteiger partial charge in [0.2, 0.25) is 10.0 Å². The van der Waals surface area contributed by atoms with Crippen LogP contribution >= 0.6 is 12.4 Å². The van der Waals surface area contributed by atoms with E-state index in [4.69, 9.17) is 4.74 Å².